The highest BCUT2D eigenvalue weighted by molar-refractivity contribution is 7.09. The largest absolute Gasteiger partial charge is 0.345 e. The van der Waals surface area contributed by atoms with Crippen molar-refractivity contribution < 1.29 is 4.79 Å². The summed E-state index contributed by atoms with van der Waals surface area (Å²) in [6.07, 6.45) is 2.00. The molecule has 22 heavy (non-hydrogen) atoms. The molecule has 1 heterocycles. The van der Waals surface area contributed by atoms with Gasteiger partial charge in [0, 0.05) is 24.0 Å². The van der Waals surface area contributed by atoms with Gasteiger partial charge < -0.3 is 11.1 Å². The van der Waals surface area contributed by atoms with Crippen LogP contribution in [0.15, 0.2) is 41.9 Å². The van der Waals surface area contributed by atoms with Crippen molar-refractivity contribution in [1.29, 1.82) is 0 Å². The molecule has 0 spiro atoms. The third-order valence-corrected chi connectivity index (χ3v) is 4.15. The van der Waals surface area contributed by atoms with E-state index in [0.717, 1.165) is 10.6 Å². The molecule has 1 amide bonds. The number of benzene rings is 1. The molecule has 0 bridgehead atoms. The number of nitrogens with two attached hydrogens (primary N) is 1. The molecule has 0 saturated carbocycles. The Morgan fingerprint density at radius 1 is 1.32 bits per heavy atom. The van der Waals surface area contributed by atoms with Crippen LogP contribution < -0.4 is 11.1 Å². The molecule has 1 atom stereocenters. The lowest BCUT2D eigenvalue weighted by Gasteiger charge is -2.24. The van der Waals surface area contributed by atoms with Crippen molar-refractivity contribution in [3.63, 3.8) is 0 Å². The molecular weight excluding hydrogens is 341 g/mol. The Morgan fingerprint density at radius 2 is 1.95 bits per heavy atom. The third kappa shape index (κ3) is 5.57. The fraction of sp³-hybridized carbons (Fsp3) is 0.333. The van der Waals surface area contributed by atoms with Crippen LogP contribution in [0.2, 0.25) is 0 Å². The van der Waals surface area contributed by atoms with Crippen molar-refractivity contribution in [2.24, 2.45) is 5.73 Å². The number of halogens is 2. The van der Waals surface area contributed by atoms with E-state index < -0.39 is 5.54 Å². The second-order valence-corrected chi connectivity index (χ2v) is 6.13. The summed E-state index contributed by atoms with van der Waals surface area (Å²) in [5, 5.41) is 5.78. The zero-order valence-corrected chi connectivity index (χ0v) is 14.9. The maximum atomic E-state index is 12.1. The van der Waals surface area contributed by atoms with Crippen LogP contribution in [-0.2, 0) is 10.3 Å². The predicted molar refractivity (Wildman–Crippen MR) is 95.8 cm³/mol. The second-order valence-electron chi connectivity index (χ2n) is 5.23. The molecule has 0 aliphatic heterocycles. The summed E-state index contributed by atoms with van der Waals surface area (Å²) in [6.45, 7) is 3.88. The van der Waals surface area contributed by atoms with Crippen LogP contribution in [0.4, 0.5) is 0 Å². The maximum Gasteiger partial charge on any atom is 0.222 e. The van der Waals surface area contributed by atoms with Crippen LogP contribution in [0.1, 0.15) is 36.9 Å². The molecule has 122 valence electrons. The summed E-state index contributed by atoms with van der Waals surface area (Å²) >= 11 is 1.53. The van der Waals surface area contributed by atoms with Crippen LogP contribution >= 0.6 is 36.2 Å². The average molecular weight is 362 g/mol. The topological polar surface area (TPSA) is 68.0 Å². The molecule has 1 unspecified atom stereocenters. The number of nitrogens with zero attached hydrogens (tertiary/aromatic N) is 1. The van der Waals surface area contributed by atoms with Crippen molar-refractivity contribution in [2.45, 2.75) is 31.8 Å². The zero-order chi connectivity index (χ0) is 14.6. The first-order valence-corrected chi connectivity index (χ1v) is 7.38. The molecule has 0 fully saturated rings. The fourth-order valence-corrected chi connectivity index (χ4v) is 2.72. The highest BCUT2D eigenvalue weighted by atomic mass is 35.5. The summed E-state index contributed by atoms with van der Waals surface area (Å²) in [7, 11) is 0. The summed E-state index contributed by atoms with van der Waals surface area (Å²) < 4.78 is 0. The summed E-state index contributed by atoms with van der Waals surface area (Å²) in [4.78, 5) is 16.4. The highest BCUT2D eigenvalue weighted by Gasteiger charge is 2.26. The van der Waals surface area contributed by atoms with Gasteiger partial charge in [-0.3, -0.25) is 4.79 Å². The highest BCUT2D eigenvalue weighted by Crippen LogP contribution is 2.23. The first-order valence-electron chi connectivity index (χ1n) is 6.50. The van der Waals surface area contributed by atoms with Gasteiger partial charge >= 0.3 is 0 Å². The first-order chi connectivity index (χ1) is 9.49. The van der Waals surface area contributed by atoms with Gasteiger partial charge in [-0.25, -0.2) is 4.98 Å². The number of aromatic nitrogens is 1. The smallest absolute Gasteiger partial charge is 0.222 e. The van der Waals surface area contributed by atoms with E-state index >= 15 is 0 Å². The molecule has 0 radical (unpaired) electrons. The van der Waals surface area contributed by atoms with E-state index in [1.807, 2.05) is 49.6 Å². The molecule has 7 heteroatoms. The van der Waals surface area contributed by atoms with Crippen molar-refractivity contribution in [2.75, 3.05) is 0 Å². The van der Waals surface area contributed by atoms with Gasteiger partial charge in [-0.2, -0.15) is 0 Å². The van der Waals surface area contributed by atoms with Crippen molar-refractivity contribution in [3.05, 3.63) is 52.5 Å². The second kappa shape index (κ2) is 9.10. The molecule has 2 aromatic rings. The molecule has 0 aliphatic carbocycles. The molecule has 3 N–H and O–H groups in total. The number of nitrogens with one attached hydrogen (secondary N) is 1. The molecule has 1 aromatic heterocycles. The fourth-order valence-electron chi connectivity index (χ4n) is 2.00. The Balaban J connectivity index is 0.00000220. The Morgan fingerprint density at radius 3 is 2.50 bits per heavy atom. The molecular formula is C15H21Cl2N3OS. The summed E-state index contributed by atoms with van der Waals surface area (Å²) in [6, 6.07) is 9.36. The first kappa shape index (κ1) is 20.9. The van der Waals surface area contributed by atoms with Gasteiger partial charge in [-0.1, -0.05) is 30.3 Å². The van der Waals surface area contributed by atoms with Crippen LogP contribution in [0, 0.1) is 0 Å². The van der Waals surface area contributed by atoms with Gasteiger partial charge in [-0.15, -0.1) is 36.2 Å². The Kier molecular flexibility index (Phi) is 8.63. The van der Waals surface area contributed by atoms with Crippen LogP contribution in [0.25, 0.3) is 0 Å². The van der Waals surface area contributed by atoms with E-state index in [9.17, 15) is 4.79 Å². The standard InChI is InChI=1S/C15H19N3OS.2ClH/c1-15(2,14-17-8-9-20-14)18-13(19)10-12(16)11-6-4-3-5-7-11;;/h3-9,12H,10,16H2,1-2H3,(H,18,19);2*1H. The molecule has 0 saturated heterocycles. The van der Waals surface area contributed by atoms with Gasteiger partial charge in [0.15, 0.2) is 0 Å². The minimum atomic E-state index is -0.471. The van der Waals surface area contributed by atoms with Crippen LogP contribution in [-0.4, -0.2) is 10.9 Å². The quantitative estimate of drug-likeness (QED) is 0.856. The van der Waals surface area contributed by atoms with E-state index in [0.29, 0.717) is 0 Å². The van der Waals surface area contributed by atoms with Gasteiger partial charge in [0.25, 0.3) is 0 Å². The lowest BCUT2D eigenvalue weighted by molar-refractivity contribution is -0.123. The Labute approximate surface area is 147 Å². The van der Waals surface area contributed by atoms with E-state index in [4.69, 9.17) is 5.73 Å². The zero-order valence-electron chi connectivity index (χ0n) is 12.5. The normalized spacial score (nSPS) is 11.8. The van der Waals surface area contributed by atoms with Crippen molar-refractivity contribution in [3.8, 4) is 0 Å². The van der Waals surface area contributed by atoms with Gasteiger partial charge in [-0.05, 0) is 19.4 Å². The van der Waals surface area contributed by atoms with Gasteiger partial charge in [0.2, 0.25) is 5.91 Å². The van der Waals surface area contributed by atoms with E-state index in [-0.39, 0.29) is 43.2 Å². The minimum Gasteiger partial charge on any atom is -0.345 e. The molecule has 4 nitrogen and oxygen atoms in total. The number of amides is 1. The molecule has 2 rings (SSSR count). The van der Waals surface area contributed by atoms with E-state index in [1.165, 1.54) is 11.3 Å². The van der Waals surface area contributed by atoms with E-state index in [1.54, 1.807) is 6.20 Å². The van der Waals surface area contributed by atoms with Crippen LogP contribution in [0.5, 0.6) is 0 Å². The number of hydrogen-bond donors (Lipinski definition) is 2. The monoisotopic (exact) mass is 361 g/mol. The van der Waals surface area contributed by atoms with Crippen LogP contribution in [0.3, 0.4) is 0 Å². The summed E-state index contributed by atoms with van der Waals surface area (Å²) in [5.74, 6) is -0.0680. The van der Waals surface area contributed by atoms with Gasteiger partial charge in [0.1, 0.15) is 5.01 Å². The Hall–Kier alpha value is -1.14. The SMILES string of the molecule is CC(C)(NC(=O)CC(N)c1ccccc1)c1nccs1.Cl.Cl. The predicted octanol–water partition coefficient (Wildman–Crippen LogP) is 3.43. The van der Waals surface area contributed by atoms with Crippen molar-refractivity contribution in [1.82, 2.24) is 10.3 Å². The number of rotatable bonds is 5. The molecule has 0 aliphatic rings. The number of carbonyl (C=O) groups is 1. The lowest BCUT2D eigenvalue weighted by Crippen LogP contribution is -2.41. The minimum absolute atomic E-state index is 0. The average Bonchev–Trinajstić information content (AvgIpc) is 2.93. The lowest BCUT2D eigenvalue weighted by atomic mass is 10.0. The molecule has 1 aromatic carbocycles. The number of hydrogen-bond acceptors (Lipinski definition) is 4. The summed E-state index contributed by atoms with van der Waals surface area (Å²) in [5.41, 5.74) is 6.56. The van der Waals surface area contributed by atoms with Gasteiger partial charge in [0.05, 0.1) is 5.54 Å². The Bertz CT molecular complexity index is 561. The maximum absolute atomic E-state index is 12.1. The number of thiazole rings is 1. The van der Waals surface area contributed by atoms with Crippen molar-refractivity contribution >= 4 is 42.1 Å². The third-order valence-electron chi connectivity index (χ3n) is 3.05. The number of carbonyl (C=O) groups excluding carboxylic acids is 1. The van der Waals surface area contributed by atoms with E-state index in [2.05, 4.69) is 10.3 Å².